The quantitative estimate of drug-likeness (QED) is 0.236. The number of aliphatic hydroxyl groups excluding tert-OH is 1. The van der Waals surface area contributed by atoms with E-state index in [2.05, 4.69) is 20.4 Å². The minimum atomic E-state index is -0.918. The van der Waals surface area contributed by atoms with E-state index >= 15 is 0 Å². The van der Waals surface area contributed by atoms with E-state index < -0.39 is 41.6 Å². The molecule has 2 bridgehead atoms. The van der Waals surface area contributed by atoms with Crippen molar-refractivity contribution >= 4 is 23.8 Å². The number of nitriles is 1. The Labute approximate surface area is 230 Å². The van der Waals surface area contributed by atoms with Crippen molar-refractivity contribution < 1.29 is 29.0 Å². The molecule has 8 atom stereocenters. The highest BCUT2D eigenvalue weighted by atomic mass is 16.6. The van der Waals surface area contributed by atoms with Gasteiger partial charge in [0.2, 0.25) is 0 Å². The monoisotopic (exact) mass is 533 g/mol. The predicted octanol–water partition coefficient (Wildman–Crippen LogP) is 5.04. The Balaban J connectivity index is 1.60. The number of aliphatic hydroxyl groups is 1. The number of rotatable bonds is 6. The van der Waals surface area contributed by atoms with Crippen molar-refractivity contribution in [3.63, 3.8) is 0 Å². The van der Waals surface area contributed by atoms with E-state index in [9.17, 15) is 24.8 Å². The molecule has 1 N–H and O–H groups in total. The number of Topliss-reactive ketones (excluding diaryl/α,β-unsaturated/α-hetero) is 1. The molecule has 3 saturated carbocycles. The maximum absolute atomic E-state index is 13.5. The van der Waals surface area contributed by atoms with E-state index in [0.29, 0.717) is 24.8 Å². The van der Waals surface area contributed by atoms with Crippen molar-refractivity contribution in [1.29, 1.82) is 5.26 Å². The molecule has 7 heteroatoms. The van der Waals surface area contributed by atoms with Crippen molar-refractivity contribution in [3.8, 4) is 6.07 Å². The van der Waals surface area contributed by atoms with Gasteiger partial charge in [0.15, 0.2) is 6.61 Å². The summed E-state index contributed by atoms with van der Waals surface area (Å²) in [4.78, 5) is 39.2. The zero-order chi connectivity index (χ0) is 28.6. The number of ketones is 1. The molecule has 4 rings (SSSR count). The molecule has 0 amide bonds. The topological polar surface area (TPSA) is 114 Å². The molecule has 3 aliphatic carbocycles. The van der Waals surface area contributed by atoms with Gasteiger partial charge in [0.25, 0.3) is 0 Å². The summed E-state index contributed by atoms with van der Waals surface area (Å²) < 4.78 is 11.2. The van der Waals surface area contributed by atoms with Gasteiger partial charge in [-0.2, -0.15) is 5.26 Å². The number of benzene rings is 1. The summed E-state index contributed by atoms with van der Waals surface area (Å²) in [5, 5.41) is 21.0. The number of carbonyl (C=O) groups excluding carboxylic acids is 3. The van der Waals surface area contributed by atoms with E-state index in [1.165, 1.54) is 6.08 Å². The van der Waals surface area contributed by atoms with E-state index in [1.54, 1.807) is 30.3 Å². The molecule has 0 aromatic heterocycles. The molecular weight excluding hydrogens is 494 g/mol. The highest BCUT2D eigenvalue weighted by Gasteiger charge is 2.68. The van der Waals surface area contributed by atoms with E-state index in [0.717, 1.165) is 12.8 Å². The van der Waals surface area contributed by atoms with Gasteiger partial charge in [-0.05, 0) is 54.6 Å². The Kier molecular flexibility index (Phi) is 7.91. The lowest BCUT2D eigenvalue weighted by Crippen LogP contribution is -2.63. The smallest absolute Gasteiger partial charge is 0.349 e. The van der Waals surface area contributed by atoms with Gasteiger partial charge in [-0.15, -0.1) is 6.58 Å². The summed E-state index contributed by atoms with van der Waals surface area (Å²) in [6.45, 7) is 11.5. The zero-order valence-corrected chi connectivity index (χ0v) is 23.3. The molecule has 0 aliphatic heterocycles. The summed E-state index contributed by atoms with van der Waals surface area (Å²) in [6, 6.07) is 10.7. The number of carbonyl (C=O) groups is 3. The Hall–Kier alpha value is -3.24. The number of ether oxygens (including phenoxy) is 2. The molecular formula is C32H39NO6. The first kappa shape index (κ1) is 28.8. The van der Waals surface area contributed by atoms with Crippen LogP contribution in [0, 0.1) is 45.3 Å². The van der Waals surface area contributed by atoms with Crippen molar-refractivity contribution in [1.82, 2.24) is 0 Å². The summed E-state index contributed by atoms with van der Waals surface area (Å²) in [6.07, 6.45) is 4.84. The SMILES string of the molecule is C=C[C@]1(C)C[C@@H](OC(=O)COC(=O)/C(C#N)=C/c2ccccc2)[C@]2(C)[C@H](C)CC[C@]3(CCC(=O)[C@H]32)[C@@H](C)[C@@H]1O. The van der Waals surface area contributed by atoms with Crippen LogP contribution in [0.25, 0.3) is 6.08 Å². The third kappa shape index (κ3) is 4.84. The Morgan fingerprint density at radius 2 is 1.90 bits per heavy atom. The second-order valence-corrected chi connectivity index (χ2v) is 12.2. The van der Waals surface area contributed by atoms with E-state index in [1.807, 2.05) is 26.0 Å². The number of hydrogen-bond acceptors (Lipinski definition) is 7. The van der Waals surface area contributed by atoms with Crippen molar-refractivity contribution in [2.75, 3.05) is 6.61 Å². The Morgan fingerprint density at radius 3 is 2.54 bits per heavy atom. The van der Waals surface area contributed by atoms with Crippen LogP contribution in [-0.2, 0) is 23.9 Å². The average Bonchev–Trinajstić information content (AvgIpc) is 3.29. The van der Waals surface area contributed by atoms with Crippen LogP contribution in [0.1, 0.15) is 65.4 Å². The van der Waals surface area contributed by atoms with Gasteiger partial charge in [-0.3, -0.25) is 4.79 Å². The van der Waals surface area contributed by atoms with Crippen LogP contribution in [0.15, 0.2) is 48.6 Å². The first-order valence-corrected chi connectivity index (χ1v) is 13.8. The third-order valence-electron chi connectivity index (χ3n) is 10.3. The molecule has 3 fully saturated rings. The maximum Gasteiger partial charge on any atom is 0.349 e. The average molecular weight is 534 g/mol. The second-order valence-electron chi connectivity index (χ2n) is 12.2. The minimum Gasteiger partial charge on any atom is -0.459 e. The standard InChI is InChI=1S/C32H39NO6/c1-6-30(4)17-25(39-26(35)19-38-29(37)23(18-33)16-22-10-8-7-9-11-22)31(5)20(2)12-14-32(21(3)28(30)36)15-13-24(34)27(31)32/h6-11,16,20-21,25,27-28,36H,1,12-15,17,19H2,2-5H3/b23-16+/t20-,21+,25-,27+,28+,30-,31+,32+/m1/s1. The van der Waals surface area contributed by atoms with Crippen molar-refractivity contribution in [3.05, 3.63) is 54.1 Å². The Morgan fingerprint density at radius 1 is 1.21 bits per heavy atom. The van der Waals surface area contributed by atoms with Gasteiger partial charge in [0.05, 0.1) is 6.10 Å². The first-order valence-electron chi connectivity index (χ1n) is 13.8. The van der Waals surface area contributed by atoms with Crippen LogP contribution < -0.4 is 0 Å². The fourth-order valence-corrected chi connectivity index (χ4v) is 7.75. The first-order chi connectivity index (χ1) is 18.4. The normalized spacial score (nSPS) is 38.0. The third-order valence-corrected chi connectivity index (χ3v) is 10.3. The lowest BCUT2D eigenvalue weighted by atomic mass is 9.44. The van der Waals surface area contributed by atoms with Gasteiger partial charge in [0, 0.05) is 23.2 Å². The van der Waals surface area contributed by atoms with Gasteiger partial charge < -0.3 is 14.6 Å². The summed E-state index contributed by atoms with van der Waals surface area (Å²) in [5.41, 5.74) is -1.36. The molecule has 0 saturated heterocycles. The molecule has 1 aromatic rings. The van der Waals surface area contributed by atoms with Crippen LogP contribution in [0.4, 0.5) is 0 Å². The second kappa shape index (κ2) is 10.7. The molecule has 1 aromatic carbocycles. The fourth-order valence-electron chi connectivity index (χ4n) is 7.75. The molecule has 0 radical (unpaired) electrons. The molecule has 208 valence electrons. The molecule has 0 heterocycles. The van der Waals surface area contributed by atoms with Crippen LogP contribution in [0.2, 0.25) is 0 Å². The molecule has 39 heavy (non-hydrogen) atoms. The minimum absolute atomic E-state index is 0.0912. The van der Waals surface area contributed by atoms with Gasteiger partial charge in [-0.25, -0.2) is 9.59 Å². The number of hydrogen-bond donors (Lipinski definition) is 1. The molecule has 0 unspecified atom stereocenters. The molecule has 0 spiro atoms. The summed E-state index contributed by atoms with van der Waals surface area (Å²) >= 11 is 0. The highest BCUT2D eigenvalue weighted by molar-refractivity contribution is 5.98. The van der Waals surface area contributed by atoms with Crippen LogP contribution >= 0.6 is 0 Å². The highest BCUT2D eigenvalue weighted by Crippen LogP contribution is 2.68. The predicted molar refractivity (Wildman–Crippen MR) is 146 cm³/mol. The van der Waals surface area contributed by atoms with Crippen molar-refractivity contribution in [2.45, 2.75) is 72.0 Å². The molecule has 7 nitrogen and oxygen atoms in total. The van der Waals surface area contributed by atoms with Crippen LogP contribution in [-0.4, -0.2) is 41.6 Å². The summed E-state index contributed by atoms with van der Waals surface area (Å²) in [5.74, 6) is -1.88. The lowest BCUT2D eigenvalue weighted by molar-refractivity contribution is -0.208. The maximum atomic E-state index is 13.5. The zero-order valence-electron chi connectivity index (χ0n) is 23.3. The lowest BCUT2D eigenvalue weighted by Gasteiger charge is -2.61. The van der Waals surface area contributed by atoms with E-state index in [4.69, 9.17) is 9.47 Å². The fraction of sp³-hybridized carbons (Fsp3) is 0.562. The van der Waals surface area contributed by atoms with E-state index in [-0.39, 0.29) is 34.5 Å². The van der Waals surface area contributed by atoms with Crippen LogP contribution in [0.5, 0.6) is 0 Å². The van der Waals surface area contributed by atoms with Gasteiger partial charge in [0.1, 0.15) is 23.5 Å². The van der Waals surface area contributed by atoms with Gasteiger partial charge >= 0.3 is 11.9 Å². The largest absolute Gasteiger partial charge is 0.459 e. The van der Waals surface area contributed by atoms with Crippen LogP contribution in [0.3, 0.4) is 0 Å². The number of nitrogens with zero attached hydrogens (tertiary/aromatic N) is 1. The summed E-state index contributed by atoms with van der Waals surface area (Å²) in [7, 11) is 0. The van der Waals surface area contributed by atoms with Crippen molar-refractivity contribution in [2.24, 2.45) is 34.0 Å². The Bertz CT molecular complexity index is 1220. The van der Waals surface area contributed by atoms with Gasteiger partial charge in [-0.1, -0.05) is 64.1 Å². The number of esters is 2. The molecule has 3 aliphatic rings.